The predicted molar refractivity (Wildman–Crippen MR) is 52.1 cm³/mol. The van der Waals surface area contributed by atoms with Crippen molar-refractivity contribution in [1.29, 1.82) is 0 Å². The molecule has 1 heteroatoms. The number of hydrogen-bond donors (Lipinski definition) is 1. The number of rotatable bonds is 0. The van der Waals surface area contributed by atoms with Crippen LogP contribution in [0.15, 0.2) is 0 Å². The molecular weight excluding hydrogens is 146 g/mol. The first-order chi connectivity index (χ1) is 5.71. The van der Waals surface area contributed by atoms with Crippen LogP contribution < -0.4 is 5.32 Å². The molecule has 70 valence electrons. The van der Waals surface area contributed by atoms with Gasteiger partial charge in [0.25, 0.3) is 0 Å². The highest BCUT2D eigenvalue weighted by Gasteiger charge is 2.40. The van der Waals surface area contributed by atoms with Crippen molar-refractivity contribution in [2.24, 2.45) is 11.3 Å². The number of piperidine rings is 1. The number of hydrogen-bond acceptors (Lipinski definition) is 1. The standard InChI is InChI=1S/C11H21N/c1-9-4-5-10-11(2,8-9)6-3-7-12-10/h9-10,12H,3-8H2,1-2H3. The molecule has 0 amide bonds. The molecule has 2 rings (SSSR count). The Labute approximate surface area is 75.9 Å². The van der Waals surface area contributed by atoms with Gasteiger partial charge in [-0.15, -0.1) is 0 Å². The second-order valence-corrected chi connectivity index (χ2v) is 5.15. The van der Waals surface area contributed by atoms with Gasteiger partial charge in [0.1, 0.15) is 0 Å². The van der Waals surface area contributed by atoms with Crippen molar-refractivity contribution >= 4 is 0 Å². The second kappa shape index (κ2) is 3.02. The van der Waals surface area contributed by atoms with Crippen molar-refractivity contribution in [3.8, 4) is 0 Å². The maximum atomic E-state index is 3.68. The summed E-state index contributed by atoms with van der Waals surface area (Å²) in [6, 6.07) is 0.836. The number of fused-ring (bicyclic) bond motifs is 1. The molecule has 1 aliphatic heterocycles. The number of nitrogens with one attached hydrogen (secondary N) is 1. The summed E-state index contributed by atoms with van der Waals surface area (Å²) in [7, 11) is 0. The second-order valence-electron chi connectivity index (χ2n) is 5.15. The van der Waals surface area contributed by atoms with Gasteiger partial charge in [-0.2, -0.15) is 0 Å². The molecule has 3 unspecified atom stereocenters. The lowest BCUT2D eigenvalue weighted by molar-refractivity contribution is 0.0745. The molecule has 1 aliphatic carbocycles. The van der Waals surface area contributed by atoms with Crippen molar-refractivity contribution in [2.75, 3.05) is 6.54 Å². The zero-order valence-electron chi connectivity index (χ0n) is 8.40. The van der Waals surface area contributed by atoms with Crippen LogP contribution >= 0.6 is 0 Å². The Morgan fingerprint density at radius 3 is 3.00 bits per heavy atom. The van der Waals surface area contributed by atoms with Gasteiger partial charge in [-0.1, -0.05) is 13.8 Å². The first-order valence-corrected chi connectivity index (χ1v) is 5.44. The molecule has 0 spiro atoms. The maximum Gasteiger partial charge on any atom is 0.0121 e. The van der Waals surface area contributed by atoms with Crippen LogP contribution in [-0.4, -0.2) is 12.6 Å². The molecular formula is C11H21N. The van der Waals surface area contributed by atoms with Gasteiger partial charge < -0.3 is 5.32 Å². The first-order valence-electron chi connectivity index (χ1n) is 5.44. The highest BCUT2D eigenvalue weighted by molar-refractivity contribution is 4.95. The van der Waals surface area contributed by atoms with E-state index in [4.69, 9.17) is 0 Å². The summed E-state index contributed by atoms with van der Waals surface area (Å²) in [6.07, 6.45) is 7.14. The van der Waals surface area contributed by atoms with E-state index < -0.39 is 0 Å². The Bertz CT molecular complexity index is 166. The van der Waals surface area contributed by atoms with Gasteiger partial charge in [0.15, 0.2) is 0 Å². The molecule has 0 aromatic heterocycles. The molecule has 2 aliphatic rings. The summed E-state index contributed by atoms with van der Waals surface area (Å²) >= 11 is 0. The average molecular weight is 167 g/mol. The molecule has 2 fully saturated rings. The van der Waals surface area contributed by atoms with E-state index in [0.717, 1.165) is 12.0 Å². The lowest BCUT2D eigenvalue weighted by Crippen LogP contribution is -2.51. The third-order valence-electron chi connectivity index (χ3n) is 3.92. The zero-order chi connectivity index (χ0) is 8.60. The van der Waals surface area contributed by atoms with Crippen LogP contribution in [0.5, 0.6) is 0 Å². The lowest BCUT2D eigenvalue weighted by atomic mass is 9.64. The Morgan fingerprint density at radius 1 is 1.33 bits per heavy atom. The lowest BCUT2D eigenvalue weighted by Gasteiger charge is -2.47. The summed E-state index contributed by atoms with van der Waals surface area (Å²) in [5.41, 5.74) is 0.635. The largest absolute Gasteiger partial charge is 0.313 e. The molecule has 0 bridgehead atoms. The van der Waals surface area contributed by atoms with Gasteiger partial charge in [0, 0.05) is 6.04 Å². The average Bonchev–Trinajstić information content (AvgIpc) is 2.02. The molecule has 3 atom stereocenters. The Balaban J connectivity index is 2.07. The van der Waals surface area contributed by atoms with Crippen molar-refractivity contribution in [2.45, 2.75) is 52.0 Å². The van der Waals surface area contributed by atoms with E-state index >= 15 is 0 Å². The van der Waals surface area contributed by atoms with Crippen molar-refractivity contribution in [1.82, 2.24) is 5.32 Å². The molecule has 0 aromatic rings. The van der Waals surface area contributed by atoms with Gasteiger partial charge >= 0.3 is 0 Å². The van der Waals surface area contributed by atoms with E-state index in [1.54, 1.807) is 0 Å². The quantitative estimate of drug-likeness (QED) is 0.584. The van der Waals surface area contributed by atoms with Gasteiger partial charge in [0.05, 0.1) is 0 Å². The summed E-state index contributed by atoms with van der Waals surface area (Å²) in [6.45, 7) is 6.16. The molecule has 0 radical (unpaired) electrons. The van der Waals surface area contributed by atoms with Crippen LogP contribution in [0.1, 0.15) is 46.0 Å². The van der Waals surface area contributed by atoms with E-state index in [-0.39, 0.29) is 0 Å². The van der Waals surface area contributed by atoms with Crippen molar-refractivity contribution in [3.05, 3.63) is 0 Å². The first kappa shape index (κ1) is 8.55. The van der Waals surface area contributed by atoms with Crippen LogP contribution in [0.4, 0.5) is 0 Å². The third kappa shape index (κ3) is 1.39. The summed E-state index contributed by atoms with van der Waals surface area (Å²) in [5.74, 6) is 0.964. The molecule has 1 saturated carbocycles. The molecule has 12 heavy (non-hydrogen) atoms. The summed E-state index contributed by atoms with van der Waals surface area (Å²) in [4.78, 5) is 0. The normalized spacial score (nSPS) is 48.5. The van der Waals surface area contributed by atoms with Crippen LogP contribution in [0.2, 0.25) is 0 Å². The monoisotopic (exact) mass is 167 g/mol. The zero-order valence-corrected chi connectivity index (χ0v) is 8.40. The van der Waals surface area contributed by atoms with Gasteiger partial charge in [0.2, 0.25) is 0 Å². The van der Waals surface area contributed by atoms with Crippen LogP contribution in [0, 0.1) is 11.3 Å². The molecule has 1 N–H and O–H groups in total. The van der Waals surface area contributed by atoms with E-state index in [0.29, 0.717) is 5.41 Å². The molecule has 0 aromatic carbocycles. The van der Waals surface area contributed by atoms with E-state index in [1.165, 1.54) is 38.6 Å². The highest BCUT2D eigenvalue weighted by atomic mass is 14.9. The Morgan fingerprint density at radius 2 is 2.17 bits per heavy atom. The SMILES string of the molecule is CC1CCC2NCCCC2(C)C1. The smallest absolute Gasteiger partial charge is 0.0121 e. The van der Waals surface area contributed by atoms with Crippen LogP contribution in [0.25, 0.3) is 0 Å². The summed E-state index contributed by atoms with van der Waals surface area (Å²) in [5, 5.41) is 3.68. The fourth-order valence-corrected chi connectivity index (χ4v) is 3.23. The molecule has 1 nitrogen and oxygen atoms in total. The van der Waals surface area contributed by atoms with Crippen molar-refractivity contribution < 1.29 is 0 Å². The minimum atomic E-state index is 0.635. The van der Waals surface area contributed by atoms with Crippen LogP contribution in [-0.2, 0) is 0 Å². The van der Waals surface area contributed by atoms with Gasteiger partial charge in [-0.25, -0.2) is 0 Å². The van der Waals surface area contributed by atoms with Gasteiger partial charge in [-0.05, 0) is 50.0 Å². The van der Waals surface area contributed by atoms with E-state index in [2.05, 4.69) is 19.2 Å². The third-order valence-corrected chi connectivity index (χ3v) is 3.92. The predicted octanol–water partition coefficient (Wildman–Crippen LogP) is 2.56. The minimum absolute atomic E-state index is 0.635. The van der Waals surface area contributed by atoms with Crippen LogP contribution in [0.3, 0.4) is 0 Å². The Kier molecular flexibility index (Phi) is 2.16. The fraction of sp³-hybridized carbons (Fsp3) is 1.00. The topological polar surface area (TPSA) is 12.0 Å². The molecule has 1 heterocycles. The fourth-order valence-electron chi connectivity index (χ4n) is 3.23. The van der Waals surface area contributed by atoms with E-state index in [1.807, 2.05) is 0 Å². The summed E-state index contributed by atoms with van der Waals surface area (Å²) < 4.78 is 0. The maximum absolute atomic E-state index is 3.68. The van der Waals surface area contributed by atoms with E-state index in [9.17, 15) is 0 Å². The van der Waals surface area contributed by atoms with Crippen molar-refractivity contribution in [3.63, 3.8) is 0 Å². The van der Waals surface area contributed by atoms with Gasteiger partial charge in [-0.3, -0.25) is 0 Å². The minimum Gasteiger partial charge on any atom is -0.313 e. The Hall–Kier alpha value is -0.0400. The highest BCUT2D eigenvalue weighted by Crippen LogP contribution is 2.44. The molecule has 1 saturated heterocycles.